The molecule has 2 aliphatic rings. The molecule has 162 valence electrons. The van der Waals surface area contributed by atoms with Crippen molar-refractivity contribution in [3.63, 3.8) is 0 Å². The van der Waals surface area contributed by atoms with Gasteiger partial charge in [0.1, 0.15) is 36.6 Å². The van der Waals surface area contributed by atoms with Gasteiger partial charge in [-0.2, -0.15) is 0 Å². The first-order valence-electron chi connectivity index (χ1n) is 8.76. The fourth-order valence-corrected chi connectivity index (χ4v) is 3.45. The molecule has 10 atom stereocenters. The predicted octanol–water partition coefficient (Wildman–Crippen LogP) is -3.44. The summed E-state index contributed by atoms with van der Waals surface area (Å²) in [5.74, 6) is -1.89. The second-order valence-corrected chi connectivity index (χ2v) is 6.82. The first-order valence-corrected chi connectivity index (χ1v) is 8.76. The van der Waals surface area contributed by atoms with Crippen LogP contribution in [0.15, 0.2) is 0 Å². The molecule has 2 fully saturated rings. The normalized spacial score (nSPS) is 44.1. The van der Waals surface area contributed by atoms with Gasteiger partial charge in [0.2, 0.25) is 5.91 Å². The monoisotopic (exact) mass is 409 g/mol. The van der Waals surface area contributed by atoms with Gasteiger partial charge in [0.15, 0.2) is 12.4 Å². The first-order chi connectivity index (χ1) is 13.1. The quantitative estimate of drug-likeness (QED) is 0.256. The lowest BCUT2D eigenvalue weighted by Crippen LogP contribution is -2.67. The van der Waals surface area contributed by atoms with Gasteiger partial charge in [-0.15, -0.1) is 0 Å². The van der Waals surface area contributed by atoms with Gasteiger partial charge < -0.3 is 49.8 Å². The van der Waals surface area contributed by atoms with E-state index in [0.29, 0.717) is 0 Å². The van der Waals surface area contributed by atoms with Crippen LogP contribution in [-0.2, 0) is 28.5 Å². The van der Waals surface area contributed by atoms with Crippen molar-refractivity contribution in [2.24, 2.45) is 0 Å². The minimum Gasteiger partial charge on any atom is -0.479 e. The van der Waals surface area contributed by atoms with Crippen LogP contribution in [0.5, 0.6) is 0 Å². The fraction of sp³-hybridized carbons (Fsp3) is 0.875. The highest BCUT2D eigenvalue weighted by Gasteiger charge is 2.52. The molecule has 0 unspecified atom stereocenters. The van der Waals surface area contributed by atoms with Crippen molar-refractivity contribution < 1.29 is 54.1 Å². The zero-order valence-corrected chi connectivity index (χ0v) is 15.7. The highest BCUT2D eigenvalue weighted by molar-refractivity contribution is 5.73. The second-order valence-electron chi connectivity index (χ2n) is 6.82. The van der Waals surface area contributed by atoms with Gasteiger partial charge >= 0.3 is 5.97 Å². The summed E-state index contributed by atoms with van der Waals surface area (Å²) in [6.45, 7) is 2.28. The number of methoxy groups -OCH3 is 1. The van der Waals surface area contributed by atoms with Gasteiger partial charge in [-0.1, -0.05) is 0 Å². The summed E-state index contributed by atoms with van der Waals surface area (Å²) in [6.07, 6.45) is -12.4. The number of carbonyl (C=O) groups is 2. The number of aliphatic hydroxyl groups is 4. The third-order valence-corrected chi connectivity index (χ3v) is 4.87. The lowest BCUT2D eigenvalue weighted by molar-refractivity contribution is -0.327. The second kappa shape index (κ2) is 9.41. The Labute approximate surface area is 160 Å². The van der Waals surface area contributed by atoms with E-state index in [-0.39, 0.29) is 0 Å². The van der Waals surface area contributed by atoms with Crippen LogP contribution in [0.2, 0.25) is 0 Å². The Morgan fingerprint density at radius 2 is 1.71 bits per heavy atom. The van der Waals surface area contributed by atoms with Crippen molar-refractivity contribution in [3.05, 3.63) is 0 Å². The summed E-state index contributed by atoms with van der Waals surface area (Å²) >= 11 is 0. The molecule has 12 nitrogen and oxygen atoms in total. The van der Waals surface area contributed by atoms with Crippen molar-refractivity contribution >= 4 is 11.9 Å². The Bertz CT molecular complexity index is 561. The molecule has 2 saturated heterocycles. The number of aliphatic carboxylic acids is 1. The van der Waals surface area contributed by atoms with Gasteiger partial charge in [-0.05, 0) is 6.92 Å². The standard InChI is InChI=1S/C16H27NO11/c1-5-8(17-6(2)19)12(9(20)7(4-18)26-5)27-16-11(22)10(21)13(25-3)14(28-16)15(23)24/h5,7-14,16,18,20-22H,4H2,1-3H3,(H,17,19)(H,23,24)/t5-,7+,8-,9+,10+,11+,12+,13-,14-,16+/m1/s1. The number of nitrogens with one attached hydrogen (secondary N) is 1. The van der Waals surface area contributed by atoms with E-state index in [4.69, 9.17) is 18.9 Å². The molecular formula is C16H27NO11. The molecule has 12 heteroatoms. The third-order valence-electron chi connectivity index (χ3n) is 4.87. The zero-order valence-electron chi connectivity index (χ0n) is 15.7. The average Bonchev–Trinajstić information content (AvgIpc) is 2.63. The van der Waals surface area contributed by atoms with Gasteiger partial charge in [0.25, 0.3) is 0 Å². The number of hydrogen-bond donors (Lipinski definition) is 6. The molecule has 6 N–H and O–H groups in total. The number of carboxylic acid groups (broad SMARTS) is 1. The molecule has 0 aromatic heterocycles. The molecule has 1 amide bonds. The van der Waals surface area contributed by atoms with Crippen LogP contribution in [0, 0.1) is 0 Å². The first kappa shape index (κ1) is 22.9. The molecule has 2 aliphatic heterocycles. The molecule has 0 aromatic rings. The highest BCUT2D eigenvalue weighted by atomic mass is 16.7. The molecular weight excluding hydrogens is 382 g/mol. The number of carbonyl (C=O) groups excluding carboxylic acids is 1. The topological polar surface area (TPSA) is 184 Å². The third kappa shape index (κ3) is 4.60. The minimum atomic E-state index is -1.70. The molecule has 2 heterocycles. The van der Waals surface area contributed by atoms with Crippen LogP contribution in [0.4, 0.5) is 0 Å². The lowest BCUT2D eigenvalue weighted by Gasteiger charge is -2.47. The molecule has 0 aromatic carbocycles. The Morgan fingerprint density at radius 1 is 1.07 bits per heavy atom. The Kier molecular flexibility index (Phi) is 7.70. The summed E-state index contributed by atoms with van der Waals surface area (Å²) in [5, 5.41) is 52.2. The number of aliphatic hydroxyl groups excluding tert-OH is 4. The van der Waals surface area contributed by atoms with E-state index in [9.17, 15) is 35.1 Å². The SMILES string of the molecule is CO[C@@H]1[C@@H](O)[C@H](O)[C@@H](O[C@@H]2[C@@H](O)[C@H](CO)O[C@H](C)[C@H]2NC(C)=O)O[C@H]1C(=O)O. The van der Waals surface area contributed by atoms with E-state index < -0.39 is 79.6 Å². The summed E-state index contributed by atoms with van der Waals surface area (Å²) in [6, 6.07) is -0.897. The molecule has 2 rings (SSSR count). The Balaban J connectivity index is 2.26. The number of hydrogen-bond acceptors (Lipinski definition) is 10. The van der Waals surface area contributed by atoms with E-state index in [2.05, 4.69) is 5.32 Å². The van der Waals surface area contributed by atoms with Gasteiger partial charge in [0.05, 0.1) is 18.8 Å². The van der Waals surface area contributed by atoms with Crippen molar-refractivity contribution in [3.8, 4) is 0 Å². The maximum absolute atomic E-state index is 11.5. The summed E-state index contributed by atoms with van der Waals surface area (Å²) in [5.41, 5.74) is 0. The minimum absolute atomic E-state index is 0.447. The highest BCUT2D eigenvalue weighted by Crippen LogP contribution is 2.30. The molecule has 0 spiro atoms. The summed E-state index contributed by atoms with van der Waals surface area (Å²) in [7, 11) is 1.16. The van der Waals surface area contributed by atoms with Crippen LogP contribution in [0.3, 0.4) is 0 Å². The maximum atomic E-state index is 11.5. The van der Waals surface area contributed by atoms with E-state index in [1.165, 1.54) is 6.92 Å². The molecule has 0 saturated carbocycles. The van der Waals surface area contributed by atoms with E-state index in [0.717, 1.165) is 7.11 Å². The summed E-state index contributed by atoms with van der Waals surface area (Å²) in [4.78, 5) is 23.0. The van der Waals surface area contributed by atoms with Gasteiger partial charge in [-0.3, -0.25) is 4.79 Å². The molecule has 0 aliphatic carbocycles. The van der Waals surface area contributed by atoms with Crippen molar-refractivity contribution in [2.75, 3.05) is 13.7 Å². The Hall–Kier alpha value is -1.38. The maximum Gasteiger partial charge on any atom is 0.335 e. The van der Waals surface area contributed by atoms with Crippen molar-refractivity contribution in [1.82, 2.24) is 5.32 Å². The lowest BCUT2D eigenvalue weighted by atomic mass is 9.92. The van der Waals surface area contributed by atoms with Gasteiger partial charge in [-0.25, -0.2) is 4.79 Å². The van der Waals surface area contributed by atoms with Crippen LogP contribution in [-0.4, -0.2) is 112 Å². The number of rotatable bonds is 6. The van der Waals surface area contributed by atoms with Crippen LogP contribution in [0.25, 0.3) is 0 Å². The predicted molar refractivity (Wildman–Crippen MR) is 89.0 cm³/mol. The molecule has 28 heavy (non-hydrogen) atoms. The van der Waals surface area contributed by atoms with Crippen LogP contribution < -0.4 is 5.32 Å². The van der Waals surface area contributed by atoms with Crippen molar-refractivity contribution in [1.29, 1.82) is 0 Å². The van der Waals surface area contributed by atoms with Gasteiger partial charge in [0, 0.05) is 14.0 Å². The number of carboxylic acids is 1. The smallest absolute Gasteiger partial charge is 0.335 e. The number of ether oxygens (including phenoxy) is 4. The fourth-order valence-electron chi connectivity index (χ4n) is 3.45. The average molecular weight is 409 g/mol. The van der Waals surface area contributed by atoms with Crippen molar-refractivity contribution in [2.45, 2.75) is 75.0 Å². The van der Waals surface area contributed by atoms with E-state index >= 15 is 0 Å². The van der Waals surface area contributed by atoms with Crippen LogP contribution >= 0.6 is 0 Å². The van der Waals surface area contributed by atoms with Crippen LogP contribution in [0.1, 0.15) is 13.8 Å². The van der Waals surface area contributed by atoms with E-state index in [1.807, 2.05) is 0 Å². The Morgan fingerprint density at radius 3 is 2.21 bits per heavy atom. The molecule has 0 bridgehead atoms. The van der Waals surface area contributed by atoms with E-state index in [1.54, 1.807) is 6.92 Å². The number of amides is 1. The largest absolute Gasteiger partial charge is 0.479 e. The zero-order chi connectivity index (χ0) is 21.2. The molecule has 0 radical (unpaired) electrons. The summed E-state index contributed by atoms with van der Waals surface area (Å²) < 4.78 is 21.2.